The van der Waals surface area contributed by atoms with Gasteiger partial charge in [-0.3, -0.25) is 9.59 Å². The number of benzene rings is 1. The molecule has 0 radical (unpaired) electrons. The van der Waals surface area contributed by atoms with Gasteiger partial charge in [-0.05, 0) is 43.9 Å². The third-order valence-electron chi connectivity index (χ3n) is 6.26. The van der Waals surface area contributed by atoms with Crippen molar-refractivity contribution in [1.29, 1.82) is 0 Å². The van der Waals surface area contributed by atoms with Crippen LogP contribution < -0.4 is 0 Å². The Morgan fingerprint density at radius 1 is 1.22 bits per heavy atom. The molecule has 6 heteroatoms. The molecule has 0 bridgehead atoms. The summed E-state index contributed by atoms with van der Waals surface area (Å²) < 4.78 is 1.95. The number of carbonyl (C=O) groups excluding carboxylic acids is 2. The summed E-state index contributed by atoms with van der Waals surface area (Å²) in [5.74, 6) is 0.0982. The average Bonchev–Trinajstić information content (AvgIpc) is 3.22. The molecule has 27 heavy (non-hydrogen) atoms. The lowest BCUT2D eigenvalue weighted by Gasteiger charge is -2.39. The van der Waals surface area contributed by atoms with Gasteiger partial charge in [-0.15, -0.1) is 0 Å². The first kappa shape index (κ1) is 18.0. The minimum atomic E-state index is -0.468. The first-order valence-corrected chi connectivity index (χ1v) is 9.71. The maximum atomic E-state index is 13.2. The number of nitrogens with zero attached hydrogens (tertiary/aromatic N) is 3. The van der Waals surface area contributed by atoms with E-state index in [2.05, 4.69) is 12.1 Å². The largest absolute Gasteiger partial charge is 0.395 e. The number of fused-ring (bicyclic) bond motifs is 1. The molecule has 1 N–H and O–H groups in total. The number of rotatable bonds is 3. The molecule has 2 saturated heterocycles. The van der Waals surface area contributed by atoms with Gasteiger partial charge in [0, 0.05) is 44.1 Å². The number of aryl methyl sites for hydroxylation is 2. The van der Waals surface area contributed by atoms with Crippen LogP contribution in [0.15, 0.2) is 24.3 Å². The number of likely N-dealkylation sites (tertiary alicyclic amines) is 2. The minimum absolute atomic E-state index is 0.00434. The number of aliphatic hydroxyl groups is 1. The van der Waals surface area contributed by atoms with Gasteiger partial charge in [-0.25, -0.2) is 0 Å². The molecule has 2 aliphatic rings. The Labute approximate surface area is 159 Å². The Morgan fingerprint density at radius 2 is 2.04 bits per heavy atom. The first-order valence-electron chi connectivity index (χ1n) is 9.71. The lowest BCUT2D eigenvalue weighted by atomic mass is 9.78. The molecular weight excluding hydrogens is 342 g/mol. The van der Waals surface area contributed by atoms with Gasteiger partial charge in [0.2, 0.25) is 5.91 Å². The molecule has 0 saturated carbocycles. The summed E-state index contributed by atoms with van der Waals surface area (Å²) in [5.41, 5.74) is 2.42. The van der Waals surface area contributed by atoms with E-state index in [1.165, 1.54) is 5.56 Å². The van der Waals surface area contributed by atoms with E-state index in [9.17, 15) is 14.7 Å². The normalized spacial score (nSPS) is 23.0. The van der Waals surface area contributed by atoms with E-state index in [4.69, 9.17) is 0 Å². The van der Waals surface area contributed by atoms with E-state index in [1.54, 1.807) is 4.90 Å². The molecule has 3 heterocycles. The Kier molecular flexibility index (Phi) is 4.46. The van der Waals surface area contributed by atoms with Crippen molar-refractivity contribution in [3.63, 3.8) is 0 Å². The summed E-state index contributed by atoms with van der Waals surface area (Å²) in [5, 5.41) is 10.3. The van der Waals surface area contributed by atoms with Crippen molar-refractivity contribution in [2.24, 2.45) is 12.5 Å². The summed E-state index contributed by atoms with van der Waals surface area (Å²) in [6.45, 7) is 4.21. The summed E-state index contributed by atoms with van der Waals surface area (Å²) in [6.07, 6.45) is 2.47. The fraction of sp³-hybridized carbons (Fsp3) is 0.524. The van der Waals surface area contributed by atoms with E-state index in [0.717, 1.165) is 23.7 Å². The van der Waals surface area contributed by atoms with Crippen LogP contribution in [-0.2, 0) is 11.8 Å². The second-order valence-electron chi connectivity index (χ2n) is 8.03. The molecule has 0 aliphatic carbocycles. The van der Waals surface area contributed by atoms with Crippen LogP contribution >= 0.6 is 0 Å². The number of aromatic nitrogens is 1. The maximum absolute atomic E-state index is 13.2. The van der Waals surface area contributed by atoms with Crippen LogP contribution in [0.25, 0.3) is 10.9 Å². The fourth-order valence-corrected chi connectivity index (χ4v) is 4.72. The Balaban J connectivity index is 1.58. The van der Waals surface area contributed by atoms with Gasteiger partial charge in [0.05, 0.1) is 12.0 Å². The molecule has 1 spiro atoms. The number of aliphatic hydroxyl groups excluding tert-OH is 1. The highest BCUT2D eigenvalue weighted by Gasteiger charge is 2.49. The van der Waals surface area contributed by atoms with Crippen molar-refractivity contribution in [2.45, 2.75) is 26.2 Å². The maximum Gasteiger partial charge on any atom is 0.270 e. The molecule has 2 aromatic rings. The van der Waals surface area contributed by atoms with E-state index < -0.39 is 5.41 Å². The molecule has 1 unspecified atom stereocenters. The van der Waals surface area contributed by atoms with Gasteiger partial charge in [0.15, 0.2) is 0 Å². The van der Waals surface area contributed by atoms with E-state index in [1.807, 2.05) is 35.6 Å². The van der Waals surface area contributed by atoms with Crippen molar-refractivity contribution >= 4 is 22.7 Å². The number of piperidine rings is 1. The van der Waals surface area contributed by atoms with Gasteiger partial charge in [0.1, 0.15) is 5.69 Å². The molecule has 144 valence electrons. The summed E-state index contributed by atoms with van der Waals surface area (Å²) in [6, 6.07) is 8.14. The van der Waals surface area contributed by atoms with Crippen molar-refractivity contribution in [3.8, 4) is 0 Å². The SMILES string of the molecule is Cc1ccc2cc(C(=O)N3CCC4(CCCN(CCO)C4=O)C3)n(C)c2c1. The molecule has 1 atom stereocenters. The lowest BCUT2D eigenvalue weighted by Crippen LogP contribution is -2.51. The van der Waals surface area contributed by atoms with E-state index in [0.29, 0.717) is 38.3 Å². The van der Waals surface area contributed by atoms with Crippen molar-refractivity contribution in [1.82, 2.24) is 14.4 Å². The molecule has 1 aromatic carbocycles. The second-order valence-corrected chi connectivity index (χ2v) is 8.03. The molecule has 2 fully saturated rings. The van der Waals surface area contributed by atoms with Crippen LogP contribution in [0.4, 0.5) is 0 Å². The average molecular weight is 369 g/mol. The molecule has 6 nitrogen and oxygen atoms in total. The van der Waals surface area contributed by atoms with Crippen molar-refractivity contribution in [3.05, 3.63) is 35.5 Å². The zero-order valence-corrected chi connectivity index (χ0v) is 16.1. The zero-order chi connectivity index (χ0) is 19.2. The summed E-state index contributed by atoms with van der Waals surface area (Å²) in [4.78, 5) is 29.8. The number of hydrogen-bond donors (Lipinski definition) is 1. The molecule has 4 rings (SSSR count). The smallest absolute Gasteiger partial charge is 0.270 e. The number of carbonyl (C=O) groups is 2. The monoisotopic (exact) mass is 369 g/mol. The van der Waals surface area contributed by atoms with Crippen LogP contribution in [0.5, 0.6) is 0 Å². The summed E-state index contributed by atoms with van der Waals surface area (Å²) in [7, 11) is 1.93. The zero-order valence-electron chi connectivity index (χ0n) is 16.1. The van der Waals surface area contributed by atoms with Gasteiger partial charge in [-0.2, -0.15) is 0 Å². The third-order valence-corrected chi connectivity index (χ3v) is 6.26. The minimum Gasteiger partial charge on any atom is -0.395 e. The van der Waals surface area contributed by atoms with Gasteiger partial charge >= 0.3 is 0 Å². The topological polar surface area (TPSA) is 65.8 Å². The Hall–Kier alpha value is -2.34. The van der Waals surface area contributed by atoms with Crippen LogP contribution in [0, 0.1) is 12.3 Å². The predicted octanol–water partition coefficient (Wildman–Crippen LogP) is 1.93. The van der Waals surface area contributed by atoms with Crippen LogP contribution in [0.1, 0.15) is 35.3 Å². The highest BCUT2D eigenvalue weighted by molar-refractivity contribution is 5.99. The lowest BCUT2D eigenvalue weighted by molar-refractivity contribution is -0.146. The second kappa shape index (κ2) is 6.68. The molecule has 2 amide bonds. The van der Waals surface area contributed by atoms with Crippen molar-refractivity contribution < 1.29 is 14.7 Å². The van der Waals surface area contributed by atoms with Crippen LogP contribution in [0.3, 0.4) is 0 Å². The summed E-state index contributed by atoms with van der Waals surface area (Å²) >= 11 is 0. The Morgan fingerprint density at radius 3 is 2.81 bits per heavy atom. The third kappa shape index (κ3) is 2.92. The highest BCUT2D eigenvalue weighted by atomic mass is 16.3. The first-order chi connectivity index (χ1) is 12.9. The van der Waals surface area contributed by atoms with Gasteiger partial charge < -0.3 is 19.5 Å². The number of β-amino-alcohol motifs (C(OH)–C–C–N with tert-alkyl or cyclic N) is 1. The number of hydrogen-bond acceptors (Lipinski definition) is 3. The molecule has 2 aliphatic heterocycles. The van der Waals surface area contributed by atoms with Crippen LogP contribution in [-0.4, -0.2) is 64.1 Å². The molecule has 1 aromatic heterocycles. The highest BCUT2D eigenvalue weighted by Crippen LogP contribution is 2.40. The fourth-order valence-electron chi connectivity index (χ4n) is 4.72. The van der Waals surface area contributed by atoms with Gasteiger partial charge in [0.25, 0.3) is 5.91 Å². The van der Waals surface area contributed by atoms with E-state index in [-0.39, 0.29) is 18.4 Å². The van der Waals surface area contributed by atoms with E-state index >= 15 is 0 Å². The molecular formula is C21H27N3O3. The Bertz CT molecular complexity index is 901. The van der Waals surface area contributed by atoms with Crippen molar-refractivity contribution in [2.75, 3.05) is 32.8 Å². The standard InChI is InChI=1S/C21H27N3O3/c1-15-4-5-16-13-18(22(2)17(16)12-15)19(26)24-9-7-21(14-24)6-3-8-23(10-11-25)20(21)27/h4-5,12-13,25H,3,6-11,14H2,1-2H3. The number of amides is 2. The predicted molar refractivity (Wildman–Crippen MR) is 104 cm³/mol. The quantitative estimate of drug-likeness (QED) is 0.899. The van der Waals surface area contributed by atoms with Gasteiger partial charge in [-0.1, -0.05) is 12.1 Å². The van der Waals surface area contributed by atoms with Crippen LogP contribution in [0.2, 0.25) is 0 Å².